The molecule has 1 aliphatic carbocycles. The molecule has 31 heavy (non-hydrogen) atoms. The van der Waals surface area contributed by atoms with E-state index < -0.39 is 30.1 Å². The summed E-state index contributed by atoms with van der Waals surface area (Å²) in [4.78, 5) is 38.0. The number of aliphatic carboxylic acids is 1. The van der Waals surface area contributed by atoms with Crippen molar-refractivity contribution in [1.29, 1.82) is 0 Å². The smallest absolute Gasteiger partial charge is 0.407 e. The molecule has 8 heteroatoms. The molecule has 2 aromatic carbocycles. The molecule has 1 aliphatic heterocycles. The minimum atomic E-state index is -1.03. The molecular weight excluding hydrogens is 416 g/mol. The average molecular weight is 441 g/mol. The summed E-state index contributed by atoms with van der Waals surface area (Å²) < 4.78 is 5.52. The van der Waals surface area contributed by atoms with E-state index in [4.69, 9.17) is 4.74 Å². The van der Waals surface area contributed by atoms with Crippen molar-refractivity contribution < 1.29 is 24.2 Å². The quantitative estimate of drug-likeness (QED) is 0.716. The van der Waals surface area contributed by atoms with Crippen LogP contribution >= 0.6 is 11.8 Å². The molecule has 1 fully saturated rings. The van der Waals surface area contributed by atoms with E-state index in [2.05, 4.69) is 17.4 Å². The van der Waals surface area contributed by atoms with Gasteiger partial charge in [-0.05, 0) is 28.7 Å². The molecule has 2 N–H and O–H groups in total. The third-order valence-corrected chi connectivity index (χ3v) is 6.80. The molecule has 1 saturated heterocycles. The van der Waals surface area contributed by atoms with Gasteiger partial charge in [0.15, 0.2) is 0 Å². The Kier molecular flexibility index (Phi) is 6.18. The van der Waals surface area contributed by atoms with E-state index in [1.54, 1.807) is 6.92 Å². The Morgan fingerprint density at radius 1 is 1.13 bits per heavy atom. The fourth-order valence-corrected chi connectivity index (χ4v) is 5.34. The lowest BCUT2D eigenvalue weighted by molar-refractivity contribution is -0.148. The molecule has 2 atom stereocenters. The molecule has 2 aliphatic rings. The molecule has 0 aromatic heterocycles. The zero-order valence-corrected chi connectivity index (χ0v) is 17.9. The van der Waals surface area contributed by atoms with Gasteiger partial charge in [0.25, 0.3) is 0 Å². The first-order valence-corrected chi connectivity index (χ1v) is 11.4. The summed E-state index contributed by atoms with van der Waals surface area (Å²) in [7, 11) is 0. The van der Waals surface area contributed by atoms with Crippen LogP contribution in [0.4, 0.5) is 4.79 Å². The number of hydrogen-bond acceptors (Lipinski definition) is 5. The minimum Gasteiger partial charge on any atom is -0.480 e. The SMILES string of the molecule is CC[C@H](NC(=O)OCC1c2ccccc2-c2ccccc21)C(=O)N1CSC[C@H]1C(=O)O. The van der Waals surface area contributed by atoms with Crippen LogP contribution in [0.2, 0.25) is 0 Å². The zero-order valence-electron chi connectivity index (χ0n) is 17.1. The lowest BCUT2D eigenvalue weighted by Crippen LogP contribution is -2.52. The van der Waals surface area contributed by atoms with E-state index in [0.29, 0.717) is 18.1 Å². The van der Waals surface area contributed by atoms with Gasteiger partial charge in [-0.2, -0.15) is 0 Å². The van der Waals surface area contributed by atoms with Gasteiger partial charge in [-0.1, -0.05) is 55.5 Å². The predicted octanol–water partition coefficient (Wildman–Crippen LogP) is 3.29. The Bertz CT molecular complexity index is 965. The number of carboxylic acids is 1. The molecule has 0 bridgehead atoms. The van der Waals surface area contributed by atoms with Crippen molar-refractivity contribution in [3.05, 3.63) is 59.7 Å². The Labute approximate surface area is 184 Å². The molecule has 4 rings (SSSR count). The van der Waals surface area contributed by atoms with Crippen molar-refractivity contribution in [1.82, 2.24) is 10.2 Å². The fraction of sp³-hybridized carbons (Fsp3) is 0.348. The Morgan fingerprint density at radius 2 is 1.74 bits per heavy atom. The summed E-state index contributed by atoms with van der Waals surface area (Å²) in [6, 6.07) is 14.4. The van der Waals surface area contributed by atoms with Crippen molar-refractivity contribution >= 4 is 29.7 Å². The Balaban J connectivity index is 1.41. The second-order valence-electron chi connectivity index (χ2n) is 7.59. The highest BCUT2D eigenvalue weighted by molar-refractivity contribution is 7.99. The van der Waals surface area contributed by atoms with E-state index in [1.807, 2.05) is 36.4 Å². The maximum absolute atomic E-state index is 12.8. The standard InChI is InChI=1S/C23H24N2O5S/c1-2-19(21(26)25-13-31-12-20(25)22(27)28)24-23(29)30-11-18-16-9-5-3-7-14(16)15-8-4-6-10-17(15)18/h3-10,18-20H,2,11-13H2,1H3,(H,24,29)(H,27,28)/t19-,20-/m0/s1. The number of ether oxygens (including phenoxy) is 1. The average Bonchev–Trinajstić information content (AvgIpc) is 3.39. The summed E-state index contributed by atoms with van der Waals surface area (Å²) in [5.74, 6) is -0.843. The highest BCUT2D eigenvalue weighted by Crippen LogP contribution is 2.44. The van der Waals surface area contributed by atoms with Crippen LogP contribution in [0.15, 0.2) is 48.5 Å². The first-order chi connectivity index (χ1) is 15.0. The molecule has 0 radical (unpaired) electrons. The number of carbonyl (C=O) groups is 3. The largest absolute Gasteiger partial charge is 0.480 e. The number of nitrogens with zero attached hydrogens (tertiary/aromatic N) is 1. The van der Waals surface area contributed by atoms with Gasteiger partial charge >= 0.3 is 12.1 Å². The highest BCUT2D eigenvalue weighted by Gasteiger charge is 2.38. The van der Waals surface area contributed by atoms with Gasteiger partial charge in [-0.3, -0.25) is 4.79 Å². The number of amides is 2. The molecule has 0 spiro atoms. The number of carboxylic acid groups (broad SMARTS) is 1. The summed E-state index contributed by atoms with van der Waals surface area (Å²) in [5, 5.41) is 11.9. The van der Waals surface area contributed by atoms with Gasteiger partial charge in [0.1, 0.15) is 18.7 Å². The van der Waals surface area contributed by atoms with Crippen LogP contribution < -0.4 is 5.32 Å². The first kappa shape index (κ1) is 21.2. The molecule has 1 heterocycles. The van der Waals surface area contributed by atoms with Crippen molar-refractivity contribution in [2.24, 2.45) is 0 Å². The van der Waals surface area contributed by atoms with Crippen LogP contribution in [0.25, 0.3) is 11.1 Å². The van der Waals surface area contributed by atoms with E-state index in [9.17, 15) is 19.5 Å². The van der Waals surface area contributed by atoms with Crippen LogP contribution in [0, 0.1) is 0 Å². The highest BCUT2D eigenvalue weighted by atomic mass is 32.2. The molecule has 0 unspecified atom stereocenters. The van der Waals surface area contributed by atoms with Crippen LogP contribution in [0.3, 0.4) is 0 Å². The van der Waals surface area contributed by atoms with Crippen molar-refractivity contribution in [3.8, 4) is 11.1 Å². The first-order valence-electron chi connectivity index (χ1n) is 10.2. The third-order valence-electron chi connectivity index (χ3n) is 5.79. The normalized spacial score (nSPS) is 18.2. The predicted molar refractivity (Wildman–Crippen MR) is 118 cm³/mol. The molecule has 2 amide bonds. The van der Waals surface area contributed by atoms with Crippen LogP contribution in [0.5, 0.6) is 0 Å². The third kappa shape index (κ3) is 4.12. The van der Waals surface area contributed by atoms with Gasteiger partial charge in [0.05, 0.1) is 5.88 Å². The van der Waals surface area contributed by atoms with Gasteiger partial charge in [0, 0.05) is 11.7 Å². The van der Waals surface area contributed by atoms with Gasteiger partial charge in [-0.15, -0.1) is 11.8 Å². The number of hydrogen-bond donors (Lipinski definition) is 2. The maximum atomic E-state index is 12.8. The number of thioether (sulfide) groups is 1. The molecule has 162 valence electrons. The number of rotatable bonds is 6. The summed E-state index contributed by atoms with van der Waals surface area (Å²) in [5.41, 5.74) is 4.50. The van der Waals surface area contributed by atoms with Crippen molar-refractivity contribution in [2.45, 2.75) is 31.3 Å². The molecular formula is C23H24N2O5S. The fourth-order valence-electron chi connectivity index (χ4n) is 4.19. The lowest BCUT2D eigenvalue weighted by atomic mass is 9.98. The molecule has 0 saturated carbocycles. The number of nitrogens with one attached hydrogen (secondary N) is 1. The number of alkyl carbamates (subject to hydrolysis) is 1. The number of fused-ring (bicyclic) bond motifs is 3. The second-order valence-corrected chi connectivity index (χ2v) is 8.59. The van der Waals surface area contributed by atoms with Crippen molar-refractivity contribution in [2.75, 3.05) is 18.2 Å². The van der Waals surface area contributed by atoms with Crippen LogP contribution in [-0.2, 0) is 14.3 Å². The van der Waals surface area contributed by atoms with E-state index in [0.717, 1.165) is 22.3 Å². The Hall–Kier alpha value is -3.00. The van der Waals surface area contributed by atoms with Crippen molar-refractivity contribution in [3.63, 3.8) is 0 Å². The summed E-state index contributed by atoms with van der Waals surface area (Å²) in [6.45, 7) is 1.92. The number of carbonyl (C=O) groups excluding carboxylic acids is 2. The monoisotopic (exact) mass is 440 g/mol. The summed E-state index contributed by atoms with van der Waals surface area (Å²) in [6.07, 6.45) is -0.336. The van der Waals surface area contributed by atoms with E-state index in [1.165, 1.54) is 16.7 Å². The zero-order chi connectivity index (χ0) is 22.0. The molecule has 7 nitrogen and oxygen atoms in total. The van der Waals surface area contributed by atoms with Gasteiger partial charge in [-0.25, -0.2) is 9.59 Å². The summed E-state index contributed by atoms with van der Waals surface area (Å²) >= 11 is 1.39. The molecule has 2 aromatic rings. The topological polar surface area (TPSA) is 95.9 Å². The number of benzene rings is 2. The lowest BCUT2D eigenvalue weighted by Gasteiger charge is -2.26. The van der Waals surface area contributed by atoms with Crippen LogP contribution in [-0.4, -0.2) is 58.3 Å². The minimum absolute atomic E-state index is 0.0692. The second kappa shape index (κ2) is 9.01. The Morgan fingerprint density at radius 3 is 2.32 bits per heavy atom. The van der Waals surface area contributed by atoms with Gasteiger partial charge < -0.3 is 20.1 Å². The van der Waals surface area contributed by atoms with E-state index in [-0.39, 0.29) is 12.5 Å². The van der Waals surface area contributed by atoms with Gasteiger partial charge in [0.2, 0.25) is 5.91 Å². The van der Waals surface area contributed by atoms with Crippen LogP contribution in [0.1, 0.15) is 30.4 Å². The van der Waals surface area contributed by atoms with E-state index >= 15 is 0 Å². The maximum Gasteiger partial charge on any atom is 0.407 e.